The van der Waals surface area contributed by atoms with Crippen LogP contribution in [0.2, 0.25) is 0 Å². The van der Waals surface area contributed by atoms with Gasteiger partial charge in [-0.1, -0.05) is 6.92 Å². The van der Waals surface area contributed by atoms with Crippen LogP contribution in [0.15, 0.2) is 0 Å². The summed E-state index contributed by atoms with van der Waals surface area (Å²) in [5.74, 6) is 0.936. The highest BCUT2D eigenvalue weighted by atomic mass is 15.2. The highest BCUT2D eigenvalue weighted by Gasteiger charge is 2.31. The monoisotopic (exact) mass is 227 g/mol. The van der Waals surface area contributed by atoms with Crippen molar-refractivity contribution in [3.05, 3.63) is 0 Å². The minimum atomic E-state index is 0.648. The molecule has 0 aromatic heterocycles. The highest BCUT2D eigenvalue weighted by Crippen LogP contribution is 2.32. The largest absolute Gasteiger partial charge is 0.315 e. The standard InChI is InChI=1S/C13H29N3/c1-6-16(11(2)9-15(4)5)10-13(14-3)12-7-8-12/h11-14H,6-10H2,1-5H3. The van der Waals surface area contributed by atoms with Crippen molar-refractivity contribution >= 4 is 0 Å². The van der Waals surface area contributed by atoms with Gasteiger partial charge in [0.15, 0.2) is 0 Å². The molecule has 0 aromatic rings. The summed E-state index contributed by atoms with van der Waals surface area (Å²) in [6.45, 7) is 8.11. The van der Waals surface area contributed by atoms with Crippen molar-refractivity contribution < 1.29 is 0 Å². The molecule has 0 spiro atoms. The molecule has 0 amide bonds. The minimum Gasteiger partial charge on any atom is -0.315 e. The Morgan fingerprint density at radius 2 is 1.88 bits per heavy atom. The Hall–Kier alpha value is -0.120. The fraction of sp³-hybridized carbons (Fsp3) is 1.00. The van der Waals surface area contributed by atoms with Crippen LogP contribution in [0.1, 0.15) is 26.7 Å². The summed E-state index contributed by atoms with van der Waals surface area (Å²) in [6.07, 6.45) is 2.84. The molecule has 2 unspecified atom stereocenters. The van der Waals surface area contributed by atoms with Gasteiger partial charge in [-0.15, -0.1) is 0 Å². The van der Waals surface area contributed by atoms with Crippen molar-refractivity contribution in [1.82, 2.24) is 15.1 Å². The first-order valence-electron chi connectivity index (χ1n) is 6.64. The maximum atomic E-state index is 3.48. The van der Waals surface area contributed by atoms with E-state index in [9.17, 15) is 0 Å². The Labute approximate surface area is 101 Å². The first-order chi connectivity index (χ1) is 7.58. The number of likely N-dealkylation sites (N-methyl/N-ethyl adjacent to an activating group) is 3. The summed E-state index contributed by atoms with van der Waals surface area (Å²) >= 11 is 0. The summed E-state index contributed by atoms with van der Waals surface area (Å²) in [6, 6.07) is 1.35. The van der Waals surface area contributed by atoms with E-state index in [4.69, 9.17) is 0 Å². The van der Waals surface area contributed by atoms with E-state index in [0.717, 1.165) is 19.0 Å². The molecule has 3 nitrogen and oxygen atoms in total. The predicted octanol–water partition coefficient (Wildman–Crippen LogP) is 1.26. The third-order valence-electron chi connectivity index (χ3n) is 3.65. The zero-order valence-corrected chi connectivity index (χ0v) is 11.7. The van der Waals surface area contributed by atoms with Gasteiger partial charge in [-0.05, 0) is 53.4 Å². The van der Waals surface area contributed by atoms with Gasteiger partial charge in [0.25, 0.3) is 0 Å². The molecule has 2 atom stereocenters. The molecule has 96 valence electrons. The lowest BCUT2D eigenvalue weighted by molar-refractivity contribution is 0.161. The van der Waals surface area contributed by atoms with E-state index in [0.29, 0.717) is 12.1 Å². The summed E-state index contributed by atoms with van der Waals surface area (Å²) < 4.78 is 0. The Balaban J connectivity index is 2.39. The van der Waals surface area contributed by atoms with Crippen molar-refractivity contribution in [3.8, 4) is 0 Å². The summed E-state index contributed by atoms with van der Waals surface area (Å²) in [5, 5.41) is 3.48. The zero-order chi connectivity index (χ0) is 12.1. The van der Waals surface area contributed by atoms with Crippen LogP contribution < -0.4 is 5.32 Å². The van der Waals surface area contributed by atoms with Crippen LogP contribution in [0.4, 0.5) is 0 Å². The molecule has 0 aliphatic heterocycles. The van der Waals surface area contributed by atoms with Crippen LogP contribution in [-0.2, 0) is 0 Å². The lowest BCUT2D eigenvalue weighted by atomic mass is 10.1. The molecule has 16 heavy (non-hydrogen) atoms. The SMILES string of the molecule is CCN(CC(NC)C1CC1)C(C)CN(C)C. The summed E-state index contributed by atoms with van der Waals surface area (Å²) in [7, 11) is 6.41. The average Bonchev–Trinajstić information content (AvgIpc) is 3.02. The number of nitrogens with one attached hydrogen (secondary N) is 1. The van der Waals surface area contributed by atoms with Crippen molar-refractivity contribution in [1.29, 1.82) is 0 Å². The van der Waals surface area contributed by atoms with Crippen LogP contribution in [0.25, 0.3) is 0 Å². The summed E-state index contributed by atoms with van der Waals surface area (Å²) in [5.41, 5.74) is 0. The van der Waals surface area contributed by atoms with Gasteiger partial charge < -0.3 is 10.2 Å². The maximum Gasteiger partial charge on any atom is 0.0220 e. The topological polar surface area (TPSA) is 18.5 Å². The number of rotatable bonds is 8. The molecule has 0 bridgehead atoms. The molecule has 1 saturated carbocycles. The van der Waals surface area contributed by atoms with E-state index < -0.39 is 0 Å². The lowest BCUT2D eigenvalue weighted by Gasteiger charge is -2.33. The summed E-state index contributed by atoms with van der Waals surface area (Å²) in [4.78, 5) is 4.87. The van der Waals surface area contributed by atoms with Crippen molar-refractivity contribution in [2.75, 3.05) is 40.8 Å². The third kappa shape index (κ3) is 4.40. The minimum absolute atomic E-state index is 0.648. The first kappa shape index (κ1) is 13.9. The molecule has 1 rings (SSSR count). The quantitative estimate of drug-likeness (QED) is 0.673. The van der Waals surface area contributed by atoms with Crippen molar-refractivity contribution in [2.24, 2.45) is 5.92 Å². The van der Waals surface area contributed by atoms with Gasteiger partial charge in [0.05, 0.1) is 0 Å². The van der Waals surface area contributed by atoms with Crippen molar-refractivity contribution in [2.45, 2.75) is 38.8 Å². The zero-order valence-electron chi connectivity index (χ0n) is 11.7. The predicted molar refractivity (Wildman–Crippen MR) is 70.8 cm³/mol. The fourth-order valence-corrected chi connectivity index (χ4v) is 2.49. The van der Waals surface area contributed by atoms with Crippen molar-refractivity contribution in [3.63, 3.8) is 0 Å². The average molecular weight is 227 g/mol. The molecule has 1 fully saturated rings. The van der Waals surface area contributed by atoms with Gasteiger partial charge in [-0.3, -0.25) is 4.90 Å². The van der Waals surface area contributed by atoms with E-state index in [1.54, 1.807) is 0 Å². The Morgan fingerprint density at radius 3 is 2.25 bits per heavy atom. The molecular formula is C13H29N3. The second-order valence-corrected chi connectivity index (χ2v) is 5.43. The van der Waals surface area contributed by atoms with Gasteiger partial charge >= 0.3 is 0 Å². The van der Waals surface area contributed by atoms with Gasteiger partial charge in [0, 0.05) is 25.2 Å². The molecule has 0 aromatic carbocycles. The van der Waals surface area contributed by atoms with Crippen LogP contribution in [0.3, 0.4) is 0 Å². The fourth-order valence-electron chi connectivity index (χ4n) is 2.49. The molecule has 0 saturated heterocycles. The van der Waals surface area contributed by atoms with Gasteiger partial charge in [-0.2, -0.15) is 0 Å². The molecular weight excluding hydrogens is 198 g/mol. The first-order valence-corrected chi connectivity index (χ1v) is 6.64. The van der Waals surface area contributed by atoms with Gasteiger partial charge in [0.2, 0.25) is 0 Å². The third-order valence-corrected chi connectivity index (χ3v) is 3.65. The molecule has 3 heteroatoms. The van der Waals surface area contributed by atoms with E-state index in [2.05, 4.69) is 50.1 Å². The number of hydrogen-bond acceptors (Lipinski definition) is 3. The van der Waals surface area contributed by atoms with Crippen LogP contribution >= 0.6 is 0 Å². The Bertz CT molecular complexity index is 190. The number of nitrogens with zero attached hydrogens (tertiary/aromatic N) is 2. The van der Waals surface area contributed by atoms with E-state index >= 15 is 0 Å². The number of hydrogen-bond donors (Lipinski definition) is 1. The smallest absolute Gasteiger partial charge is 0.0220 e. The van der Waals surface area contributed by atoms with Gasteiger partial charge in [-0.25, -0.2) is 0 Å². The molecule has 0 radical (unpaired) electrons. The van der Waals surface area contributed by atoms with E-state index in [1.807, 2.05) is 0 Å². The highest BCUT2D eigenvalue weighted by molar-refractivity contribution is 4.88. The second-order valence-electron chi connectivity index (χ2n) is 5.43. The van der Waals surface area contributed by atoms with Crippen LogP contribution in [0.5, 0.6) is 0 Å². The van der Waals surface area contributed by atoms with Crippen LogP contribution in [-0.4, -0.2) is 62.7 Å². The Kier molecular flexibility index (Phi) is 5.73. The van der Waals surface area contributed by atoms with E-state index in [-0.39, 0.29) is 0 Å². The molecule has 1 aliphatic carbocycles. The van der Waals surface area contributed by atoms with E-state index in [1.165, 1.54) is 19.4 Å². The molecule has 0 heterocycles. The second kappa shape index (κ2) is 6.58. The molecule has 1 aliphatic rings. The molecule has 1 N–H and O–H groups in total. The Morgan fingerprint density at radius 1 is 1.25 bits per heavy atom. The van der Waals surface area contributed by atoms with Gasteiger partial charge in [0.1, 0.15) is 0 Å². The lowest BCUT2D eigenvalue weighted by Crippen LogP contribution is -2.47. The van der Waals surface area contributed by atoms with Crippen LogP contribution in [0, 0.1) is 5.92 Å². The maximum absolute atomic E-state index is 3.48. The normalized spacial score (nSPS) is 20.4.